The van der Waals surface area contributed by atoms with Gasteiger partial charge in [0.25, 0.3) is 0 Å². The van der Waals surface area contributed by atoms with Crippen LogP contribution in [0.3, 0.4) is 0 Å². The van der Waals surface area contributed by atoms with Crippen molar-refractivity contribution in [3.63, 3.8) is 0 Å². The Hall–Kier alpha value is -0.290. The Morgan fingerprint density at radius 2 is 1.87 bits per heavy atom. The zero-order valence-electron chi connectivity index (χ0n) is 9.36. The zero-order chi connectivity index (χ0) is 11.7. The van der Waals surface area contributed by atoms with Gasteiger partial charge in [-0.3, -0.25) is 0 Å². The lowest BCUT2D eigenvalue weighted by Gasteiger charge is -2.18. The van der Waals surface area contributed by atoms with Gasteiger partial charge in [-0.2, -0.15) is 13.2 Å². The Labute approximate surface area is 89.2 Å². The summed E-state index contributed by atoms with van der Waals surface area (Å²) in [7, 11) is 0. The predicted octanol–water partition coefficient (Wildman–Crippen LogP) is 2.73. The first-order chi connectivity index (χ1) is 6.99. The van der Waals surface area contributed by atoms with Crippen LogP contribution in [0.5, 0.6) is 0 Å². The van der Waals surface area contributed by atoms with Crippen LogP contribution in [0.1, 0.15) is 33.1 Å². The van der Waals surface area contributed by atoms with Gasteiger partial charge in [-0.05, 0) is 19.4 Å². The Morgan fingerprint density at radius 3 is 2.33 bits per heavy atom. The molecule has 1 atom stereocenters. The summed E-state index contributed by atoms with van der Waals surface area (Å²) in [4.78, 5) is 0. The molecule has 92 valence electrons. The minimum Gasteiger partial charge on any atom is -0.370 e. The van der Waals surface area contributed by atoms with Crippen LogP contribution in [0.15, 0.2) is 0 Å². The highest BCUT2D eigenvalue weighted by atomic mass is 19.4. The first-order valence-corrected chi connectivity index (χ1v) is 5.37. The van der Waals surface area contributed by atoms with Crippen LogP contribution < -0.4 is 5.32 Å². The van der Waals surface area contributed by atoms with E-state index in [0.29, 0.717) is 0 Å². The molecule has 5 heteroatoms. The first-order valence-electron chi connectivity index (χ1n) is 5.37. The molecule has 0 saturated carbocycles. The summed E-state index contributed by atoms with van der Waals surface area (Å²) < 4.78 is 40.0. The molecule has 0 bridgehead atoms. The Balaban J connectivity index is 3.65. The number of ether oxygens (including phenoxy) is 1. The number of hydrogen-bond acceptors (Lipinski definition) is 2. The van der Waals surface area contributed by atoms with Gasteiger partial charge in [0, 0.05) is 6.04 Å². The molecule has 0 aliphatic rings. The van der Waals surface area contributed by atoms with Crippen molar-refractivity contribution in [2.75, 3.05) is 19.8 Å². The third-order valence-corrected chi connectivity index (χ3v) is 1.90. The molecule has 0 aliphatic heterocycles. The minimum absolute atomic E-state index is 0.0392. The highest BCUT2D eigenvalue weighted by Gasteiger charge is 2.27. The molecular weight excluding hydrogens is 207 g/mol. The van der Waals surface area contributed by atoms with E-state index in [2.05, 4.69) is 10.1 Å². The molecule has 0 aromatic heterocycles. The maximum atomic E-state index is 11.8. The lowest BCUT2D eigenvalue weighted by atomic mass is 10.2. The molecule has 0 aliphatic carbocycles. The lowest BCUT2D eigenvalue weighted by molar-refractivity contribution is -0.175. The zero-order valence-corrected chi connectivity index (χ0v) is 9.36. The van der Waals surface area contributed by atoms with Crippen LogP contribution in [0.4, 0.5) is 13.2 Å². The molecule has 0 rings (SSSR count). The minimum atomic E-state index is -4.22. The quantitative estimate of drug-likeness (QED) is 0.688. The van der Waals surface area contributed by atoms with Gasteiger partial charge in [-0.1, -0.05) is 20.3 Å². The summed E-state index contributed by atoms with van der Waals surface area (Å²) in [5, 5.41) is 3.16. The van der Waals surface area contributed by atoms with Crippen molar-refractivity contribution in [3.8, 4) is 0 Å². The molecule has 1 unspecified atom stereocenters. The van der Waals surface area contributed by atoms with E-state index in [1.165, 1.54) is 0 Å². The van der Waals surface area contributed by atoms with Gasteiger partial charge >= 0.3 is 6.18 Å². The van der Waals surface area contributed by atoms with Gasteiger partial charge in [0.05, 0.1) is 6.61 Å². The molecule has 15 heavy (non-hydrogen) atoms. The fourth-order valence-corrected chi connectivity index (χ4v) is 1.26. The van der Waals surface area contributed by atoms with Gasteiger partial charge in [0.2, 0.25) is 0 Å². The van der Waals surface area contributed by atoms with Crippen LogP contribution in [0, 0.1) is 0 Å². The largest absolute Gasteiger partial charge is 0.411 e. The Morgan fingerprint density at radius 1 is 1.20 bits per heavy atom. The smallest absolute Gasteiger partial charge is 0.370 e. The molecule has 2 nitrogen and oxygen atoms in total. The number of hydrogen-bond donors (Lipinski definition) is 1. The second kappa shape index (κ2) is 7.93. The summed E-state index contributed by atoms with van der Waals surface area (Å²) in [6, 6.07) is 0.0392. The van der Waals surface area contributed by atoms with Crippen molar-refractivity contribution in [1.29, 1.82) is 0 Å². The maximum absolute atomic E-state index is 11.8. The topological polar surface area (TPSA) is 21.3 Å². The third-order valence-electron chi connectivity index (χ3n) is 1.90. The van der Waals surface area contributed by atoms with E-state index in [-0.39, 0.29) is 12.6 Å². The molecule has 1 N–H and O–H groups in total. The monoisotopic (exact) mass is 227 g/mol. The maximum Gasteiger partial charge on any atom is 0.411 e. The molecule has 0 saturated heterocycles. The van der Waals surface area contributed by atoms with Gasteiger partial charge in [-0.15, -0.1) is 0 Å². The van der Waals surface area contributed by atoms with Gasteiger partial charge in [0.15, 0.2) is 0 Å². The van der Waals surface area contributed by atoms with Crippen molar-refractivity contribution in [3.05, 3.63) is 0 Å². The fraction of sp³-hybridized carbons (Fsp3) is 1.00. The van der Waals surface area contributed by atoms with Gasteiger partial charge in [0.1, 0.15) is 6.61 Å². The van der Waals surface area contributed by atoms with Crippen LogP contribution in [0.25, 0.3) is 0 Å². The number of rotatable bonds is 8. The van der Waals surface area contributed by atoms with Crippen molar-refractivity contribution < 1.29 is 17.9 Å². The predicted molar refractivity (Wildman–Crippen MR) is 53.9 cm³/mol. The van der Waals surface area contributed by atoms with E-state index in [9.17, 15) is 13.2 Å². The van der Waals surface area contributed by atoms with Crippen molar-refractivity contribution >= 4 is 0 Å². The number of halogens is 3. The van der Waals surface area contributed by atoms with E-state index >= 15 is 0 Å². The molecular formula is C10H20F3NO. The molecule has 0 aromatic carbocycles. The summed E-state index contributed by atoms with van der Waals surface area (Å²) in [6.45, 7) is 3.82. The van der Waals surface area contributed by atoms with E-state index in [1.54, 1.807) is 0 Å². The Kier molecular flexibility index (Phi) is 7.78. The molecule has 0 fully saturated rings. The average Bonchev–Trinajstić information content (AvgIpc) is 2.12. The standard InChI is InChI=1S/C10H20F3NO/c1-3-5-9(14-6-4-2)7-15-8-10(11,12)13/h9,14H,3-8H2,1-2H3. The van der Waals surface area contributed by atoms with E-state index in [4.69, 9.17) is 0 Å². The normalized spacial score (nSPS) is 14.2. The summed E-state index contributed by atoms with van der Waals surface area (Å²) in [6.07, 6.45) is -1.46. The SMILES string of the molecule is CCCNC(CCC)COCC(F)(F)F. The van der Waals surface area contributed by atoms with E-state index in [1.807, 2.05) is 13.8 Å². The highest BCUT2D eigenvalue weighted by Crippen LogP contribution is 2.14. The van der Waals surface area contributed by atoms with Gasteiger partial charge < -0.3 is 10.1 Å². The molecule has 0 amide bonds. The fourth-order valence-electron chi connectivity index (χ4n) is 1.26. The lowest BCUT2D eigenvalue weighted by Crippen LogP contribution is -2.35. The Bertz CT molecular complexity index is 150. The van der Waals surface area contributed by atoms with E-state index in [0.717, 1.165) is 25.8 Å². The second-order valence-electron chi connectivity index (χ2n) is 3.57. The summed E-state index contributed by atoms with van der Waals surface area (Å²) in [5.41, 5.74) is 0. The van der Waals surface area contributed by atoms with Gasteiger partial charge in [-0.25, -0.2) is 0 Å². The van der Waals surface area contributed by atoms with E-state index < -0.39 is 12.8 Å². The van der Waals surface area contributed by atoms with Crippen LogP contribution in [-0.2, 0) is 4.74 Å². The highest BCUT2D eigenvalue weighted by molar-refractivity contribution is 4.65. The summed E-state index contributed by atoms with van der Waals surface area (Å²) >= 11 is 0. The third kappa shape index (κ3) is 10.0. The van der Waals surface area contributed by atoms with Crippen LogP contribution in [0.2, 0.25) is 0 Å². The van der Waals surface area contributed by atoms with Crippen LogP contribution in [-0.4, -0.2) is 32.0 Å². The number of alkyl halides is 3. The van der Waals surface area contributed by atoms with Crippen molar-refractivity contribution in [2.24, 2.45) is 0 Å². The van der Waals surface area contributed by atoms with Crippen LogP contribution >= 0.6 is 0 Å². The molecule has 0 radical (unpaired) electrons. The number of nitrogens with one attached hydrogen (secondary N) is 1. The first kappa shape index (κ1) is 14.7. The van der Waals surface area contributed by atoms with Crippen molar-refractivity contribution in [2.45, 2.75) is 45.3 Å². The molecule has 0 spiro atoms. The molecule has 0 heterocycles. The van der Waals surface area contributed by atoms with Crippen molar-refractivity contribution in [1.82, 2.24) is 5.32 Å². The summed E-state index contributed by atoms with van der Waals surface area (Å²) in [5.74, 6) is 0. The second-order valence-corrected chi connectivity index (χ2v) is 3.57. The molecule has 0 aromatic rings. The average molecular weight is 227 g/mol.